The first-order valence-corrected chi connectivity index (χ1v) is 10.1. The van der Waals surface area contributed by atoms with Crippen molar-refractivity contribution in [3.8, 4) is 0 Å². The lowest BCUT2D eigenvalue weighted by Gasteiger charge is -2.32. The molecule has 3 atom stereocenters. The molecule has 164 valence electrons. The lowest BCUT2D eigenvalue weighted by molar-refractivity contribution is -0.151. The van der Waals surface area contributed by atoms with E-state index in [9.17, 15) is 19.2 Å². The molecule has 1 unspecified atom stereocenters. The van der Waals surface area contributed by atoms with E-state index in [0.717, 1.165) is 12.8 Å². The van der Waals surface area contributed by atoms with Crippen LogP contribution in [0.4, 0.5) is 4.79 Å². The van der Waals surface area contributed by atoms with Gasteiger partial charge in [0.1, 0.15) is 17.2 Å². The van der Waals surface area contributed by atoms with Crippen LogP contribution in [0.25, 0.3) is 0 Å². The molecular formula is C20H33N3O6. The van der Waals surface area contributed by atoms with E-state index < -0.39 is 35.2 Å². The summed E-state index contributed by atoms with van der Waals surface area (Å²) in [6.07, 6.45) is 2.48. The van der Waals surface area contributed by atoms with Crippen LogP contribution in [0.5, 0.6) is 0 Å². The zero-order valence-electron chi connectivity index (χ0n) is 17.9. The lowest BCUT2D eigenvalue weighted by Crippen LogP contribution is -2.59. The Balaban J connectivity index is 2.10. The summed E-state index contributed by atoms with van der Waals surface area (Å²) in [4.78, 5) is 49.6. The summed E-state index contributed by atoms with van der Waals surface area (Å²) in [5, 5.41) is 8.08. The summed E-state index contributed by atoms with van der Waals surface area (Å²) in [5.74, 6) is -1.30. The third-order valence-electron chi connectivity index (χ3n) is 5.13. The molecule has 1 saturated carbocycles. The molecule has 2 aliphatic rings. The molecule has 0 aromatic rings. The fraction of sp³-hybridized carbons (Fsp3) is 0.800. The Hall–Kier alpha value is -2.32. The topological polar surface area (TPSA) is 123 Å². The molecule has 0 bridgehead atoms. The van der Waals surface area contributed by atoms with Crippen molar-refractivity contribution in [3.63, 3.8) is 0 Å². The van der Waals surface area contributed by atoms with Gasteiger partial charge in [-0.05, 0) is 52.9 Å². The number of carbonyl (C=O) groups is 4. The van der Waals surface area contributed by atoms with Crippen molar-refractivity contribution in [2.75, 3.05) is 13.7 Å². The third-order valence-corrected chi connectivity index (χ3v) is 5.13. The quantitative estimate of drug-likeness (QED) is 0.517. The molecular weight excluding hydrogens is 378 g/mol. The van der Waals surface area contributed by atoms with Crippen LogP contribution in [0, 0.1) is 11.8 Å². The zero-order chi connectivity index (χ0) is 21.8. The molecule has 0 radical (unpaired) electrons. The predicted molar refractivity (Wildman–Crippen MR) is 105 cm³/mol. The summed E-state index contributed by atoms with van der Waals surface area (Å²) in [6, 6.07) is -0.835. The van der Waals surface area contributed by atoms with Crippen LogP contribution in [0.2, 0.25) is 0 Å². The second kappa shape index (κ2) is 9.00. The Morgan fingerprint density at radius 2 is 1.83 bits per heavy atom. The van der Waals surface area contributed by atoms with Gasteiger partial charge in [-0.15, -0.1) is 0 Å². The minimum atomic E-state index is -1.38. The van der Waals surface area contributed by atoms with Crippen LogP contribution in [0.1, 0.15) is 59.8 Å². The number of carbonyl (C=O) groups excluding carboxylic acids is 4. The van der Waals surface area contributed by atoms with Gasteiger partial charge in [-0.3, -0.25) is 9.59 Å². The highest BCUT2D eigenvalue weighted by Crippen LogP contribution is 2.34. The first kappa shape index (κ1) is 23.0. The second-order valence-electron chi connectivity index (χ2n) is 9.17. The molecule has 1 aliphatic carbocycles. The van der Waals surface area contributed by atoms with E-state index in [1.807, 2.05) is 0 Å². The highest BCUT2D eigenvalue weighted by Gasteiger charge is 2.43. The number of hydrogen-bond acceptors (Lipinski definition) is 6. The van der Waals surface area contributed by atoms with Crippen LogP contribution < -0.4 is 16.0 Å². The minimum Gasteiger partial charge on any atom is -0.467 e. The predicted octanol–water partition coefficient (Wildman–Crippen LogP) is 1.25. The summed E-state index contributed by atoms with van der Waals surface area (Å²) in [7, 11) is 1.24. The molecule has 0 spiro atoms. The van der Waals surface area contributed by atoms with Crippen molar-refractivity contribution < 1.29 is 28.7 Å². The van der Waals surface area contributed by atoms with Gasteiger partial charge in [-0.1, -0.05) is 12.8 Å². The number of nitrogens with one attached hydrogen (secondary N) is 3. The Labute approximate surface area is 171 Å². The molecule has 3 amide bonds. The average Bonchev–Trinajstić information content (AvgIpc) is 3.33. The van der Waals surface area contributed by atoms with Crippen LogP contribution >= 0.6 is 0 Å². The molecule has 1 aliphatic heterocycles. The van der Waals surface area contributed by atoms with Crippen LogP contribution in [0.3, 0.4) is 0 Å². The lowest BCUT2D eigenvalue weighted by atomic mass is 9.87. The van der Waals surface area contributed by atoms with Crippen molar-refractivity contribution in [1.29, 1.82) is 0 Å². The van der Waals surface area contributed by atoms with Gasteiger partial charge >= 0.3 is 12.1 Å². The summed E-state index contributed by atoms with van der Waals surface area (Å²) >= 11 is 0. The molecule has 2 rings (SSSR count). The van der Waals surface area contributed by atoms with Gasteiger partial charge in [0, 0.05) is 12.5 Å². The van der Waals surface area contributed by atoms with Crippen LogP contribution in [-0.2, 0) is 23.9 Å². The summed E-state index contributed by atoms with van der Waals surface area (Å²) < 4.78 is 10.2. The van der Waals surface area contributed by atoms with Crippen molar-refractivity contribution in [3.05, 3.63) is 0 Å². The maximum atomic E-state index is 13.0. The van der Waals surface area contributed by atoms with E-state index in [0.29, 0.717) is 25.3 Å². The van der Waals surface area contributed by atoms with E-state index in [4.69, 9.17) is 9.47 Å². The number of alkyl carbamates (subject to hydrolysis) is 1. The fourth-order valence-electron chi connectivity index (χ4n) is 3.47. The van der Waals surface area contributed by atoms with Gasteiger partial charge in [-0.2, -0.15) is 0 Å². The van der Waals surface area contributed by atoms with E-state index >= 15 is 0 Å². The van der Waals surface area contributed by atoms with Gasteiger partial charge < -0.3 is 25.4 Å². The summed E-state index contributed by atoms with van der Waals surface area (Å²) in [5.41, 5.74) is -2.07. The second-order valence-corrected chi connectivity index (χ2v) is 9.17. The molecule has 0 aromatic carbocycles. The maximum Gasteiger partial charge on any atom is 0.408 e. The number of rotatable bonds is 8. The van der Waals surface area contributed by atoms with Crippen molar-refractivity contribution in [1.82, 2.24) is 16.0 Å². The number of methoxy groups -OCH3 is 1. The standard InChI is InChI=1S/C20H33N3O6/c1-19(2,3)29-18(27)22-14(10-12-6-7-12)16(25)23-20(4,17(26)28-5)11-13-8-9-21-15(13)24/h12-14H,6-11H2,1-5H3,(H,21,24)(H,22,27)(H,23,25)/t13?,14-,20-/m0/s1. The van der Waals surface area contributed by atoms with Gasteiger partial charge in [-0.25, -0.2) is 9.59 Å². The third kappa shape index (κ3) is 6.90. The normalized spacial score (nSPS) is 22.1. The smallest absolute Gasteiger partial charge is 0.408 e. The maximum absolute atomic E-state index is 13.0. The Bertz CT molecular complexity index is 655. The number of amides is 3. The van der Waals surface area contributed by atoms with Crippen molar-refractivity contribution in [2.24, 2.45) is 11.8 Å². The fourth-order valence-corrected chi connectivity index (χ4v) is 3.47. The van der Waals surface area contributed by atoms with Gasteiger partial charge in [0.25, 0.3) is 0 Å². The Morgan fingerprint density at radius 3 is 2.31 bits per heavy atom. The molecule has 1 saturated heterocycles. The molecule has 29 heavy (non-hydrogen) atoms. The molecule has 0 aromatic heterocycles. The number of esters is 1. The Kier molecular flexibility index (Phi) is 7.13. The van der Waals surface area contributed by atoms with Crippen LogP contribution in [-0.4, -0.2) is 54.7 Å². The monoisotopic (exact) mass is 411 g/mol. The highest BCUT2D eigenvalue weighted by atomic mass is 16.6. The molecule has 9 heteroatoms. The largest absolute Gasteiger partial charge is 0.467 e. The first-order valence-electron chi connectivity index (χ1n) is 10.1. The highest BCUT2D eigenvalue weighted by molar-refractivity contribution is 5.92. The molecule has 3 N–H and O–H groups in total. The first-order chi connectivity index (χ1) is 13.4. The summed E-state index contributed by atoms with van der Waals surface area (Å²) in [6.45, 7) is 7.31. The van der Waals surface area contributed by atoms with E-state index in [-0.39, 0.29) is 18.2 Å². The van der Waals surface area contributed by atoms with E-state index in [2.05, 4.69) is 16.0 Å². The molecule has 1 heterocycles. The van der Waals surface area contributed by atoms with Crippen molar-refractivity contribution in [2.45, 2.75) is 77.0 Å². The minimum absolute atomic E-state index is 0.125. The SMILES string of the molecule is COC(=O)[C@](C)(CC1CCNC1=O)NC(=O)[C@H](CC1CC1)NC(=O)OC(C)(C)C. The van der Waals surface area contributed by atoms with E-state index in [1.165, 1.54) is 7.11 Å². The van der Waals surface area contributed by atoms with Crippen LogP contribution in [0.15, 0.2) is 0 Å². The van der Waals surface area contributed by atoms with Crippen molar-refractivity contribution >= 4 is 23.9 Å². The molecule has 2 fully saturated rings. The zero-order valence-corrected chi connectivity index (χ0v) is 17.9. The van der Waals surface area contributed by atoms with E-state index in [1.54, 1.807) is 27.7 Å². The average molecular weight is 411 g/mol. The molecule has 9 nitrogen and oxygen atoms in total. The number of hydrogen-bond donors (Lipinski definition) is 3. The van der Waals surface area contributed by atoms with Gasteiger partial charge in [0.05, 0.1) is 7.11 Å². The van der Waals surface area contributed by atoms with Gasteiger partial charge in [0.2, 0.25) is 11.8 Å². The van der Waals surface area contributed by atoms with Gasteiger partial charge in [0.15, 0.2) is 0 Å². The Morgan fingerprint density at radius 1 is 1.17 bits per heavy atom. The number of ether oxygens (including phenoxy) is 2.